The largest absolute Gasteiger partial charge is 0.491 e. The summed E-state index contributed by atoms with van der Waals surface area (Å²) in [7, 11) is 0. The fourth-order valence-electron chi connectivity index (χ4n) is 2.23. The van der Waals surface area contributed by atoms with Crippen LogP contribution >= 0.6 is 0 Å². The van der Waals surface area contributed by atoms with Crippen LogP contribution in [-0.4, -0.2) is 17.3 Å². The number of aliphatic hydroxyl groups excluding tert-OH is 1. The Balaban J connectivity index is 3.03. The van der Waals surface area contributed by atoms with Crippen LogP contribution in [-0.2, 0) is 5.41 Å². The maximum Gasteiger partial charge on any atom is 0.123 e. The first kappa shape index (κ1) is 14.0. The summed E-state index contributed by atoms with van der Waals surface area (Å²) in [6.45, 7) is 10.2. The van der Waals surface area contributed by atoms with Gasteiger partial charge in [-0.3, -0.25) is 0 Å². The molecule has 0 heterocycles. The highest BCUT2D eigenvalue weighted by Gasteiger charge is 2.26. The zero-order valence-electron chi connectivity index (χ0n) is 11.5. The third-order valence-corrected chi connectivity index (χ3v) is 2.78. The number of hydrogen-bond donors (Lipinski definition) is 1. The van der Waals surface area contributed by atoms with Gasteiger partial charge in [0.1, 0.15) is 5.75 Å². The normalized spacial score (nSPS) is 13.8. The van der Waals surface area contributed by atoms with E-state index in [1.54, 1.807) is 0 Å². The van der Waals surface area contributed by atoms with Gasteiger partial charge in [-0.25, -0.2) is 0 Å². The van der Waals surface area contributed by atoms with Crippen molar-refractivity contribution in [3.63, 3.8) is 0 Å². The van der Waals surface area contributed by atoms with Gasteiger partial charge in [0, 0.05) is 0 Å². The van der Waals surface area contributed by atoms with Gasteiger partial charge >= 0.3 is 0 Å². The van der Waals surface area contributed by atoms with E-state index >= 15 is 0 Å². The van der Waals surface area contributed by atoms with Gasteiger partial charge in [0.05, 0.1) is 12.2 Å². The van der Waals surface area contributed by atoms with E-state index in [1.807, 2.05) is 39.0 Å². The number of aliphatic hydroxyl groups is 1. The monoisotopic (exact) mass is 236 g/mol. The number of ether oxygens (including phenoxy) is 1. The highest BCUT2D eigenvalue weighted by atomic mass is 16.5. The molecule has 2 nitrogen and oxygen atoms in total. The maximum atomic E-state index is 9.58. The minimum Gasteiger partial charge on any atom is -0.491 e. The van der Waals surface area contributed by atoms with Gasteiger partial charge in [0.15, 0.2) is 0 Å². The average molecular weight is 236 g/mol. The first-order chi connectivity index (χ1) is 7.83. The standard InChI is InChI=1S/C15H24O2/c1-11(2)17-14-9-7-6-8-13(14)15(4,5)10-12(3)16/h6-9,11-12,16H,10H2,1-5H3. The Labute approximate surface area is 105 Å². The summed E-state index contributed by atoms with van der Waals surface area (Å²) in [6, 6.07) is 8.09. The summed E-state index contributed by atoms with van der Waals surface area (Å²) in [5.41, 5.74) is 1.08. The quantitative estimate of drug-likeness (QED) is 0.847. The van der Waals surface area contributed by atoms with Gasteiger partial charge < -0.3 is 9.84 Å². The molecule has 96 valence electrons. The molecule has 17 heavy (non-hydrogen) atoms. The third kappa shape index (κ3) is 4.04. The molecule has 0 aromatic heterocycles. The second kappa shape index (κ2) is 5.54. The van der Waals surface area contributed by atoms with Crippen LogP contribution < -0.4 is 4.74 Å². The van der Waals surface area contributed by atoms with Crippen molar-refractivity contribution in [1.82, 2.24) is 0 Å². The highest BCUT2D eigenvalue weighted by Crippen LogP contribution is 2.35. The molecule has 0 radical (unpaired) electrons. The molecule has 0 spiro atoms. The minimum absolute atomic E-state index is 0.0837. The van der Waals surface area contributed by atoms with E-state index in [0.717, 1.165) is 17.7 Å². The van der Waals surface area contributed by atoms with Crippen molar-refractivity contribution in [1.29, 1.82) is 0 Å². The van der Waals surface area contributed by atoms with E-state index in [4.69, 9.17) is 4.74 Å². The number of hydrogen-bond acceptors (Lipinski definition) is 2. The molecule has 0 saturated heterocycles. The van der Waals surface area contributed by atoms with Gasteiger partial charge in [-0.05, 0) is 44.2 Å². The molecule has 0 fully saturated rings. The highest BCUT2D eigenvalue weighted by molar-refractivity contribution is 5.39. The molecule has 1 aromatic carbocycles. The summed E-state index contributed by atoms with van der Waals surface area (Å²) < 4.78 is 5.83. The minimum atomic E-state index is -0.308. The maximum absolute atomic E-state index is 9.58. The molecule has 1 rings (SSSR count). The van der Waals surface area contributed by atoms with E-state index in [2.05, 4.69) is 19.9 Å². The van der Waals surface area contributed by atoms with Crippen LogP contribution in [0.15, 0.2) is 24.3 Å². The second-order valence-corrected chi connectivity index (χ2v) is 5.60. The van der Waals surface area contributed by atoms with E-state index in [1.165, 1.54) is 0 Å². The molecule has 1 unspecified atom stereocenters. The molecule has 1 aromatic rings. The Bertz CT molecular complexity index is 354. The van der Waals surface area contributed by atoms with Crippen LogP contribution in [0.2, 0.25) is 0 Å². The fourth-order valence-corrected chi connectivity index (χ4v) is 2.23. The van der Waals surface area contributed by atoms with E-state index in [-0.39, 0.29) is 17.6 Å². The third-order valence-electron chi connectivity index (χ3n) is 2.78. The summed E-state index contributed by atoms with van der Waals surface area (Å²) in [4.78, 5) is 0. The Kier molecular flexibility index (Phi) is 4.58. The second-order valence-electron chi connectivity index (χ2n) is 5.60. The van der Waals surface area contributed by atoms with Crippen LogP contribution in [0.1, 0.15) is 46.6 Å². The number of rotatable bonds is 5. The van der Waals surface area contributed by atoms with Crippen molar-refractivity contribution >= 4 is 0 Å². The molecule has 0 aliphatic carbocycles. The molecule has 0 aliphatic heterocycles. The molecule has 2 heteroatoms. The summed E-state index contributed by atoms with van der Waals surface area (Å²) in [6.07, 6.45) is 0.585. The number of benzene rings is 1. The predicted octanol–water partition coefficient (Wildman–Crippen LogP) is 3.52. The van der Waals surface area contributed by atoms with E-state index in [9.17, 15) is 5.11 Å². The van der Waals surface area contributed by atoms with E-state index in [0.29, 0.717) is 0 Å². The van der Waals surface area contributed by atoms with Crippen LogP contribution in [0, 0.1) is 0 Å². The molecule has 0 bridgehead atoms. The predicted molar refractivity (Wildman–Crippen MR) is 71.5 cm³/mol. The summed E-state index contributed by atoms with van der Waals surface area (Å²) >= 11 is 0. The van der Waals surface area contributed by atoms with Crippen molar-refractivity contribution in [3.8, 4) is 5.75 Å². The van der Waals surface area contributed by atoms with Gasteiger partial charge in [0.25, 0.3) is 0 Å². The first-order valence-corrected chi connectivity index (χ1v) is 6.27. The van der Waals surface area contributed by atoms with Gasteiger partial charge in [-0.15, -0.1) is 0 Å². The lowest BCUT2D eigenvalue weighted by Gasteiger charge is -2.29. The molecular weight excluding hydrogens is 212 g/mol. The molecule has 1 atom stereocenters. The Hall–Kier alpha value is -1.02. The smallest absolute Gasteiger partial charge is 0.123 e. The fraction of sp³-hybridized carbons (Fsp3) is 0.600. The zero-order valence-corrected chi connectivity index (χ0v) is 11.5. The first-order valence-electron chi connectivity index (χ1n) is 6.27. The van der Waals surface area contributed by atoms with Crippen molar-refractivity contribution in [3.05, 3.63) is 29.8 Å². The summed E-state index contributed by atoms with van der Waals surface area (Å²) in [5.74, 6) is 0.924. The SMILES string of the molecule is CC(O)CC(C)(C)c1ccccc1OC(C)C. The van der Waals surface area contributed by atoms with E-state index < -0.39 is 0 Å². The van der Waals surface area contributed by atoms with Gasteiger partial charge in [0.2, 0.25) is 0 Å². The Morgan fingerprint density at radius 2 is 1.76 bits per heavy atom. The van der Waals surface area contributed by atoms with Crippen molar-refractivity contribution < 1.29 is 9.84 Å². The lowest BCUT2D eigenvalue weighted by atomic mass is 9.79. The lowest BCUT2D eigenvalue weighted by Crippen LogP contribution is -2.24. The topological polar surface area (TPSA) is 29.5 Å². The lowest BCUT2D eigenvalue weighted by molar-refractivity contribution is 0.154. The summed E-state index contributed by atoms with van der Waals surface area (Å²) in [5, 5.41) is 9.58. The molecule has 0 amide bonds. The Morgan fingerprint density at radius 3 is 2.29 bits per heavy atom. The molecule has 1 N–H and O–H groups in total. The average Bonchev–Trinajstić information content (AvgIpc) is 2.15. The van der Waals surface area contributed by atoms with Crippen molar-refractivity contribution in [2.75, 3.05) is 0 Å². The van der Waals surface area contributed by atoms with Crippen LogP contribution in [0.5, 0.6) is 5.75 Å². The molecule has 0 saturated carbocycles. The molecular formula is C15H24O2. The van der Waals surface area contributed by atoms with Crippen molar-refractivity contribution in [2.45, 2.75) is 58.7 Å². The zero-order chi connectivity index (χ0) is 13.1. The van der Waals surface area contributed by atoms with Crippen LogP contribution in [0.3, 0.4) is 0 Å². The van der Waals surface area contributed by atoms with Crippen LogP contribution in [0.25, 0.3) is 0 Å². The van der Waals surface area contributed by atoms with Crippen molar-refractivity contribution in [2.24, 2.45) is 0 Å². The number of para-hydroxylation sites is 1. The van der Waals surface area contributed by atoms with Gasteiger partial charge in [-0.2, -0.15) is 0 Å². The molecule has 0 aliphatic rings. The van der Waals surface area contributed by atoms with Gasteiger partial charge in [-0.1, -0.05) is 32.0 Å². The Morgan fingerprint density at radius 1 is 1.18 bits per heavy atom. The van der Waals surface area contributed by atoms with Crippen LogP contribution in [0.4, 0.5) is 0 Å².